The Hall–Kier alpha value is -1.85. The quantitative estimate of drug-likeness (QED) is 0.835. The van der Waals surface area contributed by atoms with E-state index < -0.39 is 6.04 Å². The van der Waals surface area contributed by atoms with Crippen molar-refractivity contribution < 1.29 is 14.3 Å². The van der Waals surface area contributed by atoms with Crippen LogP contribution in [-0.2, 0) is 9.53 Å². The van der Waals surface area contributed by atoms with E-state index in [2.05, 4.69) is 10.2 Å². The first kappa shape index (κ1) is 13.6. The van der Waals surface area contributed by atoms with E-state index in [1.54, 1.807) is 17.9 Å². The number of H-pyrrole nitrogens is 1. The van der Waals surface area contributed by atoms with Crippen LogP contribution in [0.1, 0.15) is 42.4 Å². The largest absolute Gasteiger partial charge is 0.464 e. The number of carbonyl (C=O) groups is 2. The van der Waals surface area contributed by atoms with Crippen molar-refractivity contribution in [1.82, 2.24) is 15.1 Å². The van der Waals surface area contributed by atoms with Crippen LogP contribution in [0.5, 0.6) is 0 Å². The van der Waals surface area contributed by atoms with E-state index >= 15 is 0 Å². The van der Waals surface area contributed by atoms with Gasteiger partial charge in [-0.05, 0) is 39.2 Å². The Balaban J connectivity index is 2.15. The van der Waals surface area contributed by atoms with Crippen LogP contribution in [0, 0.1) is 6.92 Å². The van der Waals surface area contributed by atoms with Gasteiger partial charge in [0.25, 0.3) is 5.91 Å². The Bertz CT molecular complexity index is 469. The second-order valence-electron chi connectivity index (χ2n) is 4.70. The first-order valence-electron chi connectivity index (χ1n) is 6.63. The molecule has 1 unspecified atom stereocenters. The number of esters is 1. The molecular formula is C13H19N3O3. The monoisotopic (exact) mass is 265 g/mol. The predicted molar refractivity (Wildman–Crippen MR) is 68.6 cm³/mol. The van der Waals surface area contributed by atoms with Crippen LogP contribution in [0.4, 0.5) is 0 Å². The number of likely N-dealkylation sites (tertiary alicyclic amines) is 1. The number of piperidine rings is 1. The first-order chi connectivity index (χ1) is 9.13. The third-order valence-corrected chi connectivity index (χ3v) is 3.25. The number of nitrogens with zero attached hydrogens (tertiary/aromatic N) is 2. The molecule has 0 bridgehead atoms. The fourth-order valence-electron chi connectivity index (χ4n) is 2.33. The molecule has 1 aromatic rings. The van der Waals surface area contributed by atoms with Crippen molar-refractivity contribution in [1.29, 1.82) is 0 Å². The molecule has 1 atom stereocenters. The van der Waals surface area contributed by atoms with Crippen molar-refractivity contribution in [2.24, 2.45) is 0 Å². The van der Waals surface area contributed by atoms with Crippen LogP contribution >= 0.6 is 0 Å². The van der Waals surface area contributed by atoms with Crippen LogP contribution in [0.25, 0.3) is 0 Å². The molecule has 6 nitrogen and oxygen atoms in total. The minimum atomic E-state index is -0.474. The van der Waals surface area contributed by atoms with Crippen LogP contribution < -0.4 is 0 Å². The molecule has 0 saturated carbocycles. The number of amides is 1. The second kappa shape index (κ2) is 5.86. The van der Waals surface area contributed by atoms with E-state index in [0.717, 1.165) is 18.5 Å². The maximum absolute atomic E-state index is 12.4. The molecule has 1 fully saturated rings. The second-order valence-corrected chi connectivity index (χ2v) is 4.70. The van der Waals surface area contributed by atoms with Gasteiger partial charge in [0, 0.05) is 12.2 Å². The van der Waals surface area contributed by atoms with Gasteiger partial charge < -0.3 is 9.64 Å². The number of carbonyl (C=O) groups excluding carboxylic acids is 2. The molecule has 1 aromatic heterocycles. The zero-order chi connectivity index (χ0) is 13.8. The van der Waals surface area contributed by atoms with Crippen molar-refractivity contribution in [2.45, 2.75) is 39.2 Å². The number of aromatic nitrogens is 2. The van der Waals surface area contributed by atoms with E-state index in [1.165, 1.54) is 0 Å². The molecule has 104 valence electrons. The fourth-order valence-corrected chi connectivity index (χ4v) is 2.33. The Morgan fingerprint density at radius 3 is 2.95 bits per heavy atom. The van der Waals surface area contributed by atoms with E-state index in [9.17, 15) is 9.59 Å². The van der Waals surface area contributed by atoms with E-state index in [0.29, 0.717) is 25.3 Å². The molecule has 0 radical (unpaired) electrons. The normalized spacial score (nSPS) is 19.3. The average molecular weight is 265 g/mol. The summed E-state index contributed by atoms with van der Waals surface area (Å²) in [5.74, 6) is -0.523. The molecule has 1 saturated heterocycles. The SMILES string of the molecule is CCOC(=O)C1CCCCN1C(=O)c1cc(C)[nH]n1. The lowest BCUT2D eigenvalue weighted by Crippen LogP contribution is -2.48. The number of hydrogen-bond donors (Lipinski definition) is 1. The minimum absolute atomic E-state index is 0.206. The molecule has 2 rings (SSSR count). The highest BCUT2D eigenvalue weighted by molar-refractivity contribution is 5.95. The minimum Gasteiger partial charge on any atom is -0.464 e. The zero-order valence-corrected chi connectivity index (χ0v) is 11.3. The van der Waals surface area contributed by atoms with E-state index in [4.69, 9.17) is 4.74 Å². The van der Waals surface area contributed by atoms with E-state index in [1.807, 2.05) is 6.92 Å². The third kappa shape index (κ3) is 2.94. The van der Waals surface area contributed by atoms with Crippen LogP contribution in [0.15, 0.2) is 6.07 Å². The van der Waals surface area contributed by atoms with Crippen molar-refractivity contribution >= 4 is 11.9 Å². The highest BCUT2D eigenvalue weighted by atomic mass is 16.5. The molecule has 0 aromatic carbocycles. The Labute approximate surface area is 112 Å². The lowest BCUT2D eigenvalue weighted by Gasteiger charge is -2.33. The van der Waals surface area contributed by atoms with Crippen molar-refractivity contribution in [3.05, 3.63) is 17.5 Å². The fraction of sp³-hybridized carbons (Fsp3) is 0.615. The standard InChI is InChI=1S/C13H19N3O3/c1-3-19-13(18)11-6-4-5-7-16(11)12(17)10-8-9(2)14-15-10/h8,11H,3-7H2,1-2H3,(H,14,15). The smallest absolute Gasteiger partial charge is 0.328 e. The van der Waals surface area contributed by atoms with E-state index in [-0.39, 0.29) is 11.9 Å². The Morgan fingerprint density at radius 1 is 1.53 bits per heavy atom. The Kier molecular flexibility index (Phi) is 4.19. The predicted octanol–water partition coefficient (Wildman–Crippen LogP) is 1.28. The number of aryl methyl sites for hydroxylation is 1. The van der Waals surface area contributed by atoms with Crippen LogP contribution in [0.2, 0.25) is 0 Å². The molecule has 1 aliphatic rings. The van der Waals surface area contributed by atoms with Crippen molar-refractivity contribution in [2.75, 3.05) is 13.2 Å². The summed E-state index contributed by atoms with van der Waals surface area (Å²) in [6.45, 7) is 4.51. The van der Waals surface area contributed by atoms with Gasteiger partial charge in [-0.2, -0.15) is 5.10 Å². The lowest BCUT2D eigenvalue weighted by molar-refractivity contribution is -0.149. The number of ether oxygens (including phenoxy) is 1. The van der Waals surface area contributed by atoms with Crippen molar-refractivity contribution in [3.8, 4) is 0 Å². The molecule has 2 heterocycles. The molecule has 0 aliphatic carbocycles. The molecule has 0 spiro atoms. The summed E-state index contributed by atoms with van der Waals surface area (Å²) < 4.78 is 5.04. The maximum Gasteiger partial charge on any atom is 0.328 e. The number of rotatable bonds is 3. The van der Waals surface area contributed by atoms with Gasteiger partial charge in [0.2, 0.25) is 0 Å². The van der Waals surface area contributed by atoms with Gasteiger partial charge in [0.15, 0.2) is 0 Å². The first-order valence-corrected chi connectivity index (χ1v) is 6.63. The molecule has 1 N–H and O–H groups in total. The highest BCUT2D eigenvalue weighted by Gasteiger charge is 2.34. The van der Waals surface area contributed by atoms with Gasteiger partial charge in [0.1, 0.15) is 11.7 Å². The topological polar surface area (TPSA) is 75.3 Å². The molecular weight excluding hydrogens is 246 g/mol. The average Bonchev–Trinajstić information content (AvgIpc) is 2.85. The lowest BCUT2D eigenvalue weighted by atomic mass is 10.0. The number of nitrogens with one attached hydrogen (secondary N) is 1. The third-order valence-electron chi connectivity index (χ3n) is 3.25. The summed E-state index contributed by atoms with van der Waals surface area (Å²) in [6.07, 6.45) is 2.51. The van der Waals surface area contributed by atoms with Gasteiger partial charge in [-0.15, -0.1) is 0 Å². The summed E-state index contributed by atoms with van der Waals surface area (Å²) in [6, 6.07) is 1.22. The summed E-state index contributed by atoms with van der Waals surface area (Å²) in [5, 5.41) is 6.71. The molecule has 1 aliphatic heterocycles. The summed E-state index contributed by atoms with van der Waals surface area (Å²) in [7, 11) is 0. The van der Waals surface area contributed by atoms with Gasteiger partial charge in [-0.1, -0.05) is 0 Å². The molecule has 19 heavy (non-hydrogen) atoms. The number of aromatic amines is 1. The van der Waals surface area contributed by atoms with Crippen LogP contribution in [-0.4, -0.2) is 46.2 Å². The highest BCUT2D eigenvalue weighted by Crippen LogP contribution is 2.20. The van der Waals surface area contributed by atoms with Gasteiger partial charge >= 0.3 is 5.97 Å². The molecule has 6 heteroatoms. The Morgan fingerprint density at radius 2 is 2.32 bits per heavy atom. The van der Waals surface area contributed by atoms with Crippen molar-refractivity contribution in [3.63, 3.8) is 0 Å². The summed E-state index contributed by atoms with van der Waals surface area (Å²) in [5.41, 5.74) is 1.18. The molecule has 1 amide bonds. The number of hydrogen-bond acceptors (Lipinski definition) is 4. The van der Waals surface area contributed by atoms with Crippen LogP contribution in [0.3, 0.4) is 0 Å². The maximum atomic E-state index is 12.4. The summed E-state index contributed by atoms with van der Waals surface area (Å²) >= 11 is 0. The zero-order valence-electron chi connectivity index (χ0n) is 11.3. The van der Waals surface area contributed by atoms with Gasteiger partial charge in [-0.3, -0.25) is 9.89 Å². The summed E-state index contributed by atoms with van der Waals surface area (Å²) in [4.78, 5) is 25.9. The van der Waals surface area contributed by atoms with Gasteiger partial charge in [-0.25, -0.2) is 4.79 Å². The van der Waals surface area contributed by atoms with Gasteiger partial charge in [0.05, 0.1) is 6.61 Å².